The Morgan fingerprint density at radius 2 is 1.78 bits per heavy atom. The Balaban J connectivity index is 1.92. The number of benzene rings is 2. The van der Waals surface area contributed by atoms with Gasteiger partial charge in [-0.2, -0.15) is 0 Å². The van der Waals surface area contributed by atoms with Gasteiger partial charge in [0.15, 0.2) is 5.13 Å². The molecule has 0 atom stereocenters. The van der Waals surface area contributed by atoms with Gasteiger partial charge in [-0.15, -0.1) is 0 Å². The van der Waals surface area contributed by atoms with Gasteiger partial charge in [-0.05, 0) is 31.2 Å². The molecule has 0 saturated heterocycles. The summed E-state index contributed by atoms with van der Waals surface area (Å²) in [6, 6.07) is 13.8. The van der Waals surface area contributed by atoms with E-state index in [9.17, 15) is 0 Å². The lowest BCUT2D eigenvalue weighted by molar-refractivity contribution is 0.483. The fourth-order valence-electron chi connectivity index (χ4n) is 1.73. The van der Waals surface area contributed by atoms with Crippen LogP contribution in [0.25, 0.3) is 10.2 Å². The quantitative estimate of drug-likeness (QED) is 0.754. The number of rotatable bonds is 2. The predicted molar refractivity (Wildman–Crippen MR) is 75.3 cm³/mol. The number of anilines is 1. The zero-order valence-electron chi connectivity index (χ0n) is 9.88. The van der Waals surface area contributed by atoms with Crippen LogP contribution in [0.5, 0.6) is 11.5 Å². The molecule has 3 nitrogen and oxygen atoms in total. The van der Waals surface area contributed by atoms with Crippen LogP contribution in [0, 0.1) is 6.92 Å². The second-order valence-corrected chi connectivity index (χ2v) is 5.16. The third-order valence-electron chi connectivity index (χ3n) is 2.63. The first-order chi connectivity index (χ1) is 8.70. The second kappa shape index (κ2) is 4.31. The number of aryl methyl sites for hydroxylation is 1. The van der Waals surface area contributed by atoms with Crippen molar-refractivity contribution in [2.75, 3.05) is 5.73 Å². The van der Waals surface area contributed by atoms with Gasteiger partial charge in [0, 0.05) is 6.07 Å². The SMILES string of the molecule is Cc1ccc(Oc2ccc3nc(N)sc3c2)cc1. The third kappa shape index (κ3) is 2.15. The molecule has 1 aromatic heterocycles. The minimum Gasteiger partial charge on any atom is -0.457 e. The van der Waals surface area contributed by atoms with Crippen molar-refractivity contribution in [1.29, 1.82) is 0 Å². The van der Waals surface area contributed by atoms with E-state index in [1.54, 1.807) is 0 Å². The van der Waals surface area contributed by atoms with Gasteiger partial charge >= 0.3 is 0 Å². The van der Waals surface area contributed by atoms with E-state index < -0.39 is 0 Å². The van der Waals surface area contributed by atoms with E-state index in [2.05, 4.69) is 11.9 Å². The summed E-state index contributed by atoms with van der Waals surface area (Å²) in [6.07, 6.45) is 0. The van der Waals surface area contributed by atoms with Crippen LogP contribution in [0.15, 0.2) is 42.5 Å². The summed E-state index contributed by atoms with van der Waals surface area (Å²) in [6.45, 7) is 2.05. The number of aromatic nitrogens is 1. The van der Waals surface area contributed by atoms with Gasteiger partial charge in [-0.25, -0.2) is 4.98 Å². The Morgan fingerprint density at radius 3 is 2.56 bits per heavy atom. The number of nitrogens with two attached hydrogens (primary N) is 1. The average molecular weight is 256 g/mol. The van der Waals surface area contributed by atoms with E-state index in [-0.39, 0.29) is 0 Å². The maximum atomic E-state index is 5.79. The van der Waals surface area contributed by atoms with Crippen molar-refractivity contribution in [2.24, 2.45) is 0 Å². The van der Waals surface area contributed by atoms with Gasteiger partial charge in [0.2, 0.25) is 0 Å². The number of nitrogen functional groups attached to an aromatic ring is 1. The first kappa shape index (κ1) is 11.0. The summed E-state index contributed by atoms with van der Waals surface area (Å²) < 4.78 is 6.83. The van der Waals surface area contributed by atoms with Crippen LogP contribution < -0.4 is 10.5 Å². The molecule has 0 bridgehead atoms. The van der Waals surface area contributed by atoms with Crippen LogP contribution in [0.1, 0.15) is 5.56 Å². The maximum Gasteiger partial charge on any atom is 0.181 e. The Morgan fingerprint density at radius 1 is 1.06 bits per heavy atom. The molecule has 0 amide bonds. The van der Waals surface area contributed by atoms with E-state index in [1.165, 1.54) is 16.9 Å². The van der Waals surface area contributed by atoms with Gasteiger partial charge in [0.05, 0.1) is 10.2 Å². The Labute approximate surface area is 109 Å². The number of ether oxygens (including phenoxy) is 1. The Kier molecular flexibility index (Phi) is 2.64. The van der Waals surface area contributed by atoms with E-state index in [1.807, 2.05) is 42.5 Å². The molecule has 3 rings (SSSR count). The van der Waals surface area contributed by atoms with Crippen LogP contribution in [-0.4, -0.2) is 4.98 Å². The van der Waals surface area contributed by atoms with Crippen LogP contribution in [0.2, 0.25) is 0 Å². The molecule has 0 aliphatic carbocycles. The molecule has 90 valence electrons. The summed E-state index contributed by atoms with van der Waals surface area (Å²) in [5.74, 6) is 1.63. The van der Waals surface area contributed by atoms with Crippen LogP contribution >= 0.6 is 11.3 Å². The third-order valence-corrected chi connectivity index (χ3v) is 3.48. The molecule has 2 aromatic carbocycles. The van der Waals surface area contributed by atoms with E-state index in [0.29, 0.717) is 5.13 Å². The van der Waals surface area contributed by atoms with Crippen LogP contribution in [0.3, 0.4) is 0 Å². The molecule has 3 aromatic rings. The van der Waals surface area contributed by atoms with E-state index in [0.717, 1.165) is 21.7 Å². The fourth-order valence-corrected chi connectivity index (χ4v) is 2.49. The molecule has 1 heterocycles. The first-order valence-electron chi connectivity index (χ1n) is 5.61. The summed E-state index contributed by atoms with van der Waals surface area (Å²) in [4.78, 5) is 4.21. The molecule has 0 unspecified atom stereocenters. The molecule has 0 fully saturated rings. The monoisotopic (exact) mass is 256 g/mol. The highest BCUT2D eigenvalue weighted by Crippen LogP contribution is 2.29. The lowest BCUT2D eigenvalue weighted by Gasteiger charge is -2.05. The van der Waals surface area contributed by atoms with Crippen molar-refractivity contribution in [3.8, 4) is 11.5 Å². The molecular weight excluding hydrogens is 244 g/mol. The highest BCUT2D eigenvalue weighted by molar-refractivity contribution is 7.22. The summed E-state index contributed by atoms with van der Waals surface area (Å²) in [7, 11) is 0. The second-order valence-electron chi connectivity index (χ2n) is 4.10. The van der Waals surface area contributed by atoms with Crippen molar-refractivity contribution >= 4 is 26.7 Å². The average Bonchev–Trinajstić information content (AvgIpc) is 2.71. The van der Waals surface area contributed by atoms with Gasteiger partial charge in [-0.3, -0.25) is 0 Å². The Bertz CT molecular complexity index is 689. The molecule has 0 radical (unpaired) electrons. The zero-order valence-corrected chi connectivity index (χ0v) is 10.7. The van der Waals surface area contributed by atoms with Crippen molar-refractivity contribution in [3.05, 3.63) is 48.0 Å². The van der Waals surface area contributed by atoms with Gasteiger partial charge in [-0.1, -0.05) is 29.0 Å². The smallest absolute Gasteiger partial charge is 0.181 e. The van der Waals surface area contributed by atoms with Gasteiger partial charge < -0.3 is 10.5 Å². The number of thiazole rings is 1. The largest absolute Gasteiger partial charge is 0.457 e. The molecule has 0 aliphatic rings. The molecule has 0 spiro atoms. The normalized spacial score (nSPS) is 10.7. The molecule has 18 heavy (non-hydrogen) atoms. The first-order valence-corrected chi connectivity index (χ1v) is 6.43. The topological polar surface area (TPSA) is 48.1 Å². The zero-order chi connectivity index (χ0) is 12.5. The molecular formula is C14H12N2OS. The van der Waals surface area contributed by atoms with Crippen molar-refractivity contribution in [3.63, 3.8) is 0 Å². The van der Waals surface area contributed by atoms with Gasteiger partial charge in [0.1, 0.15) is 11.5 Å². The number of fused-ring (bicyclic) bond motifs is 1. The van der Waals surface area contributed by atoms with E-state index >= 15 is 0 Å². The standard InChI is InChI=1S/C14H12N2OS/c1-9-2-4-10(5-3-9)17-11-6-7-12-13(8-11)18-14(15)16-12/h2-8H,1H3,(H2,15,16). The number of hydrogen-bond donors (Lipinski definition) is 1. The highest BCUT2D eigenvalue weighted by Gasteiger charge is 2.03. The minimum absolute atomic E-state index is 0.581. The molecule has 0 aliphatic heterocycles. The van der Waals surface area contributed by atoms with Crippen molar-refractivity contribution < 1.29 is 4.74 Å². The van der Waals surface area contributed by atoms with Crippen molar-refractivity contribution in [2.45, 2.75) is 6.92 Å². The fraction of sp³-hybridized carbons (Fsp3) is 0.0714. The lowest BCUT2D eigenvalue weighted by Crippen LogP contribution is -1.83. The van der Waals surface area contributed by atoms with Crippen molar-refractivity contribution in [1.82, 2.24) is 4.98 Å². The number of nitrogens with zero attached hydrogens (tertiary/aromatic N) is 1. The summed E-state index contributed by atoms with van der Waals surface area (Å²) >= 11 is 1.47. The lowest BCUT2D eigenvalue weighted by atomic mass is 10.2. The highest BCUT2D eigenvalue weighted by atomic mass is 32.1. The van der Waals surface area contributed by atoms with E-state index in [4.69, 9.17) is 10.5 Å². The summed E-state index contributed by atoms with van der Waals surface area (Å²) in [5.41, 5.74) is 7.80. The Hall–Kier alpha value is -2.07. The number of hydrogen-bond acceptors (Lipinski definition) is 4. The minimum atomic E-state index is 0.581. The molecule has 0 saturated carbocycles. The predicted octanol–water partition coefficient (Wildman–Crippen LogP) is 3.98. The molecule has 4 heteroatoms. The van der Waals surface area contributed by atoms with Crippen LogP contribution in [-0.2, 0) is 0 Å². The summed E-state index contributed by atoms with van der Waals surface area (Å²) in [5, 5.41) is 0.581. The van der Waals surface area contributed by atoms with Crippen LogP contribution in [0.4, 0.5) is 5.13 Å². The maximum absolute atomic E-state index is 5.79. The van der Waals surface area contributed by atoms with Gasteiger partial charge in [0.25, 0.3) is 0 Å². The molecule has 2 N–H and O–H groups in total.